The molecule has 2 nitrogen and oxygen atoms in total. The van der Waals surface area contributed by atoms with Gasteiger partial charge in [-0.05, 0) is 0 Å². The van der Waals surface area contributed by atoms with Gasteiger partial charge in [0.25, 0.3) is 0 Å². The van der Waals surface area contributed by atoms with E-state index in [1.165, 1.54) is 22.3 Å². The van der Waals surface area contributed by atoms with Gasteiger partial charge in [0.15, 0.2) is 0 Å². The third-order valence-electron chi connectivity index (χ3n) is 8.46. The van der Waals surface area contributed by atoms with Gasteiger partial charge in [0.1, 0.15) is 0 Å². The fourth-order valence-electron chi connectivity index (χ4n) is 6.44. The maximum atomic E-state index is 7.13. The Labute approximate surface area is 233 Å². The third kappa shape index (κ3) is 4.40. The zero-order valence-electron chi connectivity index (χ0n) is 22.8. The molecule has 0 saturated heterocycles. The predicted molar refractivity (Wildman–Crippen MR) is 154 cm³/mol. The number of hydrogen-bond donors (Lipinski definition) is 0. The van der Waals surface area contributed by atoms with E-state index < -0.39 is 30.7 Å². The molecule has 4 heteroatoms. The molecule has 2 atom stereocenters. The summed E-state index contributed by atoms with van der Waals surface area (Å²) < 4.78 is 14.0. The number of benzene rings is 2. The molecule has 0 N–H and O–H groups in total. The molecule has 0 bridgehead atoms. The van der Waals surface area contributed by atoms with Crippen LogP contribution in [0.4, 0.5) is 0 Å². The molecule has 3 aliphatic carbocycles. The van der Waals surface area contributed by atoms with Crippen molar-refractivity contribution in [3.05, 3.63) is 119 Å². The van der Waals surface area contributed by atoms with Gasteiger partial charge in [-0.25, -0.2) is 0 Å². The molecule has 0 saturated carbocycles. The molecular weight excluding hydrogens is 635 g/mol. The van der Waals surface area contributed by atoms with Gasteiger partial charge in [0.2, 0.25) is 0 Å². The van der Waals surface area contributed by atoms with Gasteiger partial charge in [-0.3, -0.25) is 0 Å². The molecule has 2 aromatic carbocycles. The average Bonchev–Trinajstić information content (AvgIpc) is 3.42. The first-order valence-corrected chi connectivity index (χ1v) is 20.5. The van der Waals surface area contributed by atoms with Gasteiger partial charge in [-0.15, -0.1) is 0 Å². The summed E-state index contributed by atoms with van der Waals surface area (Å²) in [5, 5.41) is 1.59. The SMILES string of the molecule is CC1=C2C(=CC=CC(=[Si](C)C)C2C)[C](C2=CC=CC2)([Hf]([O]c2ccccc2)[O]c2ccccc2)C1(C)C. The van der Waals surface area contributed by atoms with Crippen LogP contribution in [-0.2, 0) is 22.3 Å². The molecule has 37 heavy (non-hydrogen) atoms. The second-order valence-corrected chi connectivity index (χ2v) is 19.8. The molecule has 0 aliphatic heterocycles. The van der Waals surface area contributed by atoms with Gasteiger partial charge in [0.05, 0.1) is 0 Å². The first-order chi connectivity index (χ1) is 17.8. The van der Waals surface area contributed by atoms with Crippen LogP contribution in [0, 0.1) is 11.3 Å². The molecule has 0 aromatic heterocycles. The second-order valence-electron chi connectivity index (χ2n) is 11.0. The van der Waals surface area contributed by atoms with Crippen molar-refractivity contribution in [1.29, 1.82) is 0 Å². The summed E-state index contributed by atoms with van der Waals surface area (Å²) in [6.07, 6.45) is 14.9. The Balaban J connectivity index is 1.76. The van der Waals surface area contributed by atoms with E-state index in [9.17, 15) is 0 Å². The fraction of sp³-hybridized carbons (Fsp3) is 0.303. The zero-order chi connectivity index (χ0) is 26.2. The van der Waals surface area contributed by atoms with Crippen LogP contribution in [0.5, 0.6) is 11.5 Å². The summed E-state index contributed by atoms with van der Waals surface area (Å²) >= 11 is -3.58. The quantitative estimate of drug-likeness (QED) is 0.286. The van der Waals surface area contributed by atoms with Crippen molar-refractivity contribution in [3.63, 3.8) is 0 Å². The van der Waals surface area contributed by atoms with Crippen LogP contribution < -0.4 is 5.71 Å². The van der Waals surface area contributed by atoms with Crippen LogP contribution in [0.1, 0.15) is 34.1 Å². The summed E-state index contributed by atoms with van der Waals surface area (Å²) in [6.45, 7) is 14.5. The van der Waals surface area contributed by atoms with E-state index in [0.29, 0.717) is 5.92 Å². The van der Waals surface area contributed by atoms with Crippen molar-refractivity contribution >= 4 is 13.6 Å². The van der Waals surface area contributed by atoms with Gasteiger partial charge >= 0.3 is 234 Å². The van der Waals surface area contributed by atoms with Crippen molar-refractivity contribution in [2.75, 3.05) is 0 Å². The number of allylic oxidation sites excluding steroid dienone is 10. The van der Waals surface area contributed by atoms with Crippen molar-refractivity contribution < 1.29 is 28.0 Å². The van der Waals surface area contributed by atoms with E-state index in [1.54, 1.807) is 5.17 Å². The number of fused-ring (bicyclic) bond motifs is 1. The molecular formula is C33H37HfO2Si. The van der Waals surface area contributed by atoms with E-state index in [2.05, 4.69) is 126 Å². The Morgan fingerprint density at radius 1 is 0.865 bits per heavy atom. The molecule has 0 fully saturated rings. The zero-order valence-corrected chi connectivity index (χ0v) is 27.4. The van der Waals surface area contributed by atoms with Crippen molar-refractivity contribution in [1.82, 2.24) is 0 Å². The number of para-hydroxylation sites is 2. The first kappa shape index (κ1) is 26.3. The van der Waals surface area contributed by atoms with Crippen LogP contribution in [0.2, 0.25) is 16.3 Å². The van der Waals surface area contributed by atoms with Crippen molar-refractivity contribution in [3.8, 4) is 11.5 Å². The summed E-state index contributed by atoms with van der Waals surface area (Å²) in [6, 6.07) is 20.6. The fourth-order valence-corrected chi connectivity index (χ4v) is 17.3. The molecule has 2 unspecified atom stereocenters. The Morgan fingerprint density at radius 3 is 1.97 bits per heavy atom. The van der Waals surface area contributed by atoms with Crippen LogP contribution in [0.15, 0.2) is 119 Å². The second kappa shape index (κ2) is 10.5. The summed E-state index contributed by atoms with van der Waals surface area (Å²) in [4.78, 5) is 0. The Morgan fingerprint density at radius 2 is 1.46 bits per heavy atom. The molecule has 3 aliphatic rings. The van der Waals surface area contributed by atoms with Gasteiger partial charge < -0.3 is 0 Å². The van der Waals surface area contributed by atoms with E-state index in [-0.39, 0.29) is 8.59 Å². The van der Waals surface area contributed by atoms with E-state index in [1.807, 2.05) is 12.1 Å². The Bertz CT molecular complexity index is 1320. The minimum absolute atomic E-state index is 0.142. The van der Waals surface area contributed by atoms with Gasteiger partial charge in [-0.1, -0.05) is 0 Å². The average molecular weight is 672 g/mol. The third-order valence-corrected chi connectivity index (χ3v) is 19.8. The molecule has 0 radical (unpaired) electrons. The normalized spacial score (nSPS) is 23.8. The van der Waals surface area contributed by atoms with E-state index >= 15 is 0 Å². The van der Waals surface area contributed by atoms with Crippen LogP contribution >= 0.6 is 0 Å². The minimum atomic E-state index is -3.58. The standard InChI is InChI=1S/C21H27Si.2C6H6O.Hf/c1-14-18(22(5)6)13-9-12-17-19(14)15(2)21(3,4)20(17)16-10-7-8-11-16;2*7-6-4-2-1-3-5-6;/h7-10,12-14H,11H2,1-6H3;2*1-5,7H;/q;;;+2/p-2. The summed E-state index contributed by atoms with van der Waals surface area (Å²) in [7, 11) is -0.586. The van der Waals surface area contributed by atoms with E-state index in [4.69, 9.17) is 5.71 Å². The molecule has 0 spiro atoms. The number of rotatable bonds is 6. The molecule has 0 heterocycles. The monoisotopic (exact) mass is 673 g/mol. The van der Waals surface area contributed by atoms with E-state index in [0.717, 1.165) is 17.9 Å². The Hall–Kier alpha value is -2.30. The van der Waals surface area contributed by atoms with Crippen LogP contribution in [0.25, 0.3) is 0 Å². The van der Waals surface area contributed by atoms with Gasteiger partial charge in [0, 0.05) is 0 Å². The summed E-state index contributed by atoms with van der Waals surface area (Å²) in [5.41, 5.74) is 5.73. The molecule has 189 valence electrons. The van der Waals surface area contributed by atoms with Crippen molar-refractivity contribution in [2.45, 2.75) is 50.4 Å². The van der Waals surface area contributed by atoms with Crippen molar-refractivity contribution in [2.24, 2.45) is 11.3 Å². The number of hydrogen-bond acceptors (Lipinski definition) is 2. The van der Waals surface area contributed by atoms with Gasteiger partial charge in [-0.2, -0.15) is 0 Å². The molecule has 2 aromatic rings. The topological polar surface area (TPSA) is 18.5 Å². The maximum absolute atomic E-state index is 7.13. The van der Waals surface area contributed by atoms with Crippen LogP contribution in [0.3, 0.4) is 0 Å². The molecule has 0 amide bonds. The summed E-state index contributed by atoms with van der Waals surface area (Å²) in [5.74, 6) is 2.21. The van der Waals surface area contributed by atoms with Crippen LogP contribution in [-0.4, -0.2) is 13.6 Å². The molecule has 5 rings (SSSR count). The Kier molecular flexibility index (Phi) is 7.44. The predicted octanol–water partition coefficient (Wildman–Crippen LogP) is 8.63. The first-order valence-electron chi connectivity index (χ1n) is 13.3.